The molecule has 2 nitrogen and oxygen atoms in total. The van der Waals surface area contributed by atoms with E-state index in [0.717, 1.165) is 39.9 Å². The Labute approximate surface area is 139 Å². The third kappa shape index (κ3) is 4.47. The molecule has 2 rings (SSSR count). The van der Waals surface area contributed by atoms with Crippen LogP contribution in [-0.4, -0.2) is 6.04 Å². The lowest BCUT2D eigenvalue weighted by atomic mass is 10.0. The molecule has 0 saturated carbocycles. The van der Waals surface area contributed by atoms with Crippen molar-refractivity contribution in [2.75, 3.05) is 0 Å². The number of hydrogen-bond donors (Lipinski definition) is 1. The van der Waals surface area contributed by atoms with Gasteiger partial charge in [-0.2, -0.15) is 0 Å². The summed E-state index contributed by atoms with van der Waals surface area (Å²) in [5, 5.41) is 0.666. The maximum Gasteiger partial charge on any atom is 0.131 e. The van der Waals surface area contributed by atoms with Crippen molar-refractivity contribution >= 4 is 27.5 Å². The molecule has 0 heterocycles. The Morgan fingerprint density at radius 1 is 1.19 bits per heavy atom. The molecule has 2 aromatic carbocycles. The normalized spacial score (nSPS) is 12.2. The minimum Gasteiger partial charge on any atom is -0.457 e. The minimum atomic E-state index is 0.127. The van der Waals surface area contributed by atoms with Gasteiger partial charge in [-0.15, -0.1) is 0 Å². The first kappa shape index (κ1) is 16.3. The van der Waals surface area contributed by atoms with Crippen molar-refractivity contribution in [1.29, 1.82) is 0 Å². The third-order valence-electron chi connectivity index (χ3n) is 3.40. The number of ether oxygens (including phenoxy) is 1. The monoisotopic (exact) mass is 367 g/mol. The first-order valence-corrected chi connectivity index (χ1v) is 8.14. The molecule has 0 saturated heterocycles. The van der Waals surface area contributed by atoms with Crippen LogP contribution in [0.5, 0.6) is 11.5 Å². The Kier molecular flexibility index (Phi) is 5.68. The quantitative estimate of drug-likeness (QED) is 0.758. The number of hydrogen-bond acceptors (Lipinski definition) is 2. The van der Waals surface area contributed by atoms with E-state index < -0.39 is 0 Å². The van der Waals surface area contributed by atoms with Crippen molar-refractivity contribution in [1.82, 2.24) is 0 Å². The van der Waals surface area contributed by atoms with Gasteiger partial charge in [0.15, 0.2) is 0 Å². The molecule has 0 aromatic heterocycles. The highest BCUT2D eigenvalue weighted by Gasteiger charge is 2.11. The Morgan fingerprint density at radius 3 is 2.67 bits per heavy atom. The summed E-state index contributed by atoms with van der Waals surface area (Å²) >= 11 is 9.55. The molecule has 0 radical (unpaired) electrons. The van der Waals surface area contributed by atoms with Crippen LogP contribution < -0.4 is 10.5 Å². The molecule has 1 unspecified atom stereocenters. The van der Waals surface area contributed by atoms with E-state index in [1.807, 2.05) is 37.3 Å². The number of halogens is 2. The van der Waals surface area contributed by atoms with Crippen LogP contribution in [0.25, 0.3) is 0 Å². The molecule has 2 N–H and O–H groups in total. The van der Waals surface area contributed by atoms with Crippen LogP contribution in [0.4, 0.5) is 0 Å². The second-order valence-electron chi connectivity index (χ2n) is 5.14. The zero-order valence-electron chi connectivity index (χ0n) is 12.2. The molecule has 1 atom stereocenters. The average Bonchev–Trinajstić information content (AvgIpc) is 2.45. The maximum absolute atomic E-state index is 6.08. The molecule has 0 amide bonds. The molecular formula is C17H19BrClNO. The molecule has 0 fully saturated rings. The van der Waals surface area contributed by atoms with Crippen LogP contribution in [0.1, 0.15) is 24.5 Å². The lowest BCUT2D eigenvalue weighted by Crippen LogP contribution is -2.21. The minimum absolute atomic E-state index is 0.127. The molecule has 0 aliphatic rings. The zero-order valence-corrected chi connectivity index (χ0v) is 14.5. The molecule has 21 heavy (non-hydrogen) atoms. The van der Waals surface area contributed by atoms with Gasteiger partial charge in [0.05, 0.1) is 0 Å². The highest BCUT2D eigenvalue weighted by atomic mass is 79.9. The Balaban J connectivity index is 2.32. The lowest BCUT2D eigenvalue weighted by molar-refractivity contribution is 0.468. The number of benzene rings is 2. The molecule has 112 valence electrons. The van der Waals surface area contributed by atoms with Gasteiger partial charge in [-0.1, -0.05) is 40.5 Å². The van der Waals surface area contributed by atoms with Gasteiger partial charge in [0.25, 0.3) is 0 Å². The van der Waals surface area contributed by atoms with E-state index in [9.17, 15) is 0 Å². The number of nitrogens with two attached hydrogens (primary N) is 1. The molecule has 0 aliphatic heterocycles. The van der Waals surface area contributed by atoms with Crippen molar-refractivity contribution in [2.45, 2.75) is 32.7 Å². The van der Waals surface area contributed by atoms with E-state index in [2.05, 4.69) is 28.9 Å². The fraction of sp³-hybridized carbons (Fsp3) is 0.294. The van der Waals surface area contributed by atoms with Gasteiger partial charge in [0.1, 0.15) is 11.5 Å². The Morgan fingerprint density at radius 2 is 1.95 bits per heavy atom. The Hall–Kier alpha value is -1.03. The summed E-state index contributed by atoms with van der Waals surface area (Å²) in [5.41, 5.74) is 8.22. The van der Waals surface area contributed by atoms with E-state index in [1.54, 1.807) is 0 Å². The first-order valence-electron chi connectivity index (χ1n) is 6.97. The van der Waals surface area contributed by atoms with Gasteiger partial charge in [-0.05, 0) is 61.2 Å². The van der Waals surface area contributed by atoms with Gasteiger partial charge in [-0.3, -0.25) is 0 Å². The molecule has 4 heteroatoms. The summed E-state index contributed by atoms with van der Waals surface area (Å²) in [5.74, 6) is 1.60. The fourth-order valence-corrected chi connectivity index (χ4v) is 2.61. The smallest absolute Gasteiger partial charge is 0.131 e. The van der Waals surface area contributed by atoms with Crippen molar-refractivity contribution in [3.63, 3.8) is 0 Å². The number of rotatable bonds is 5. The van der Waals surface area contributed by atoms with Gasteiger partial charge in [0.2, 0.25) is 0 Å². The summed E-state index contributed by atoms with van der Waals surface area (Å²) in [6.07, 6.45) is 1.72. The van der Waals surface area contributed by atoms with Crippen LogP contribution in [0.2, 0.25) is 5.02 Å². The SMILES string of the molecule is CCC(N)Cc1cc(Br)ccc1Oc1cc(Cl)ccc1C. The van der Waals surface area contributed by atoms with Gasteiger partial charge in [0, 0.05) is 15.5 Å². The standard InChI is InChI=1S/C17H19BrClNO/c1-3-15(20)9-12-8-13(18)5-7-16(12)21-17-10-14(19)6-4-11(17)2/h4-8,10,15H,3,9,20H2,1-2H3. The predicted molar refractivity (Wildman–Crippen MR) is 92.4 cm³/mol. The van der Waals surface area contributed by atoms with Crippen molar-refractivity contribution in [2.24, 2.45) is 5.73 Å². The van der Waals surface area contributed by atoms with Crippen LogP contribution in [0.15, 0.2) is 40.9 Å². The summed E-state index contributed by atoms with van der Waals surface area (Å²) in [4.78, 5) is 0. The Bertz CT molecular complexity index is 630. The van der Waals surface area contributed by atoms with E-state index in [4.69, 9.17) is 22.1 Å². The van der Waals surface area contributed by atoms with Crippen LogP contribution >= 0.6 is 27.5 Å². The summed E-state index contributed by atoms with van der Waals surface area (Å²) in [7, 11) is 0. The average molecular weight is 369 g/mol. The van der Waals surface area contributed by atoms with Crippen molar-refractivity contribution < 1.29 is 4.74 Å². The largest absolute Gasteiger partial charge is 0.457 e. The molecule has 0 aliphatic carbocycles. The van der Waals surface area contributed by atoms with E-state index in [0.29, 0.717) is 5.02 Å². The summed E-state index contributed by atoms with van der Waals surface area (Å²) in [6, 6.07) is 11.8. The molecular weight excluding hydrogens is 350 g/mol. The van der Waals surface area contributed by atoms with Crippen LogP contribution in [0.3, 0.4) is 0 Å². The molecule has 2 aromatic rings. The summed E-state index contributed by atoms with van der Waals surface area (Å²) < 4.78 is 7.08. The molecule has 0 bridgehead atoms. The van der Waals surface area contributed by atoms with Crippen LogP contribution in [-0.2, 0) is 6.42 Å². The summed E-state index contributed by atoms with van der Waals surface area (Å²) in [6.45, 7) is 4.09. The zero-order chi connectivity index (χ0) is 15.4. The second-order valence-corrected chi connectivity index (χ2v) is 6.49. The van der Waals surface area contributed by atoms with Crippen molar-refractivity contribution in [3.8, 4) is 11.5 Å². The van der Waals surface area contributed by atoms with Crippen LogP contribution in [0, 0.1) is 6.92 Å². The van der Waals surface area contributed by atoms with Crippen molar-refractivity contribution in [3.05, 3.63) is 57.0 Å². The van der Waals surface area contributed by atoms with Gasteiger partial charge >= 0.3 is 0 Å². The van der Waals surface area contributed by atoms with E-state index >= 15 is 0 Å². The molecule has 0 spiro atoms. The number of aryl methyl sites for hydroxylation is 1. The lowest BCUT2D eigenvalue weighted by Gasteiger charge is -2.16. The predicted octanol–water partition coefficient (Wildman–Crippen LogP) is 5.48. The first-order chi connectivity index (χ1) is 9.99. The second kappa shape index (κ2) is 7.30. The fourth-order valence-electron chi connectivity index (χ4n) is 2.04. The highest BCUT2D eigenvalue weighted by molar-refractivity contribution is 9.10. The van der Waals surface area contributed by atoms with Gasteiger partial charge < -0.3 is 10.5 Å². The van der Waals surface area contributed by atoms with E-state index in [-0.39, 0.29) is 6.04 Å². The van der Waals surface area contributed by atoms with E-state index in [1.165, 1.54) is 0 Å². The van der Waals surface area contributed by atoms with Gasteiger partial charge in [-0.25, -0.2) is 0 Å². The third-order valence-corrected chi connectivity index (χ3v) is 4.13. The topological polar surface area (TPSA) is 35.2 Å². The maximum atomic E-state index is 6.08. The highest BCUT2D eigenvalue weighted by Crippen LogP contribution is 2.32.